The molecular formula is C9H16NO2S. The Bertz CT molecular complexity index is 267. The van der Waals surface area contributed by atoms with Gasteiger partial charge in [0, 0.05) is 13.1 Å². The van der Waals surface area contributed by atoms with Crippen LogP contribution in [0.1, 0.15) is 25.7 Å². The Hall–Kier alpha value is -0.0900. The van der Waals surface area contributed by atoms with Gasteiger partial charge in [-0.25, -0.2) is 8.42 Å². The predicted molar refractivity (Wildman–Crippen MR) is 52.2 cm³/mol. The molecule has 0 aromatic carbocycles. The molecule has 2 aliphatic rings. The third-order valence-corrected chi connectivity index (χ3v) is 5.17. The first kappa shape index (κ1) is 9.46. The van der Waals surface area contributed by atoms with E-state index in [-0.39, 0.29) is 5.25 Å². The number of nitrogens with one attached hydrogen (secondary N) is 1. The summed E-state index contributed by atoms with van der Waals surface area (Å²) in [6, 6.07) is 0. The van der Waals surface area contributed by atoms with Gasteiger partial charge in [0.2, 0.25) is 0 Å². The molecule has 1 atom stereocenters. The molecule has 2 rings (SSSR count). The van der Waals surface area contributed by atoms with Gasteiger partial charge in [0.05, 0.1) is 11.0 Å². The highest BCUT2D eigenvalue weighted by atomic mass is 32.2. The summed E-state index contributed by atoms with van der Waals surface area (Å²) in [5.74, 6) is 1.59. The third kappa shape index (κ3) is 1.89. The molecule has 13 heavy (non-hydrogen) atoms. The van der Waals surface area contributed by atoms with Gasteiger partial charge in [-0.05, 0) is 18.8 Å². The lowest BCUT2D eigenvalue weighted by atomic mass is 10.0. The van der Waals surface area contributed by atoms with Crippen molar-refractivity contribution < 1.29 is 8.42 Å². The molecule has 4 heteroatoms. The Kier molecular flexibility index (Phi) is 2.60. The van der Waals surface area contributed by atoms with E-state index in [9.17, 15) is 8.42 Å². The summed E-state index contributed by atoms with van der Waals surface area (Å²) in [5.41, 5.74) is 0. The molecule has 0 aromatic rings. The smallest absolute Gasteiger partial charge is 0.156 e. The van der Waals surface area contributed by atoms with Crippen molar-refractivity contribution in [1.29, 1.82) is 0 Å². The Balaban J connectivity index is 2.11. The first-order valence-electron chi connectivity index (χ1n) is 4.97. The van der Waals surface area contributed by atoms with E-state index in [1.54, 1.807) is 0 Å². The van der Waals surface area contributed by atoms with Crippen LogP contribution in [0.3, 0.4) is 0 Å². The van der Waals surface area contributed by atoms with Crippen LogP contribution in [0.2, 0.25) is 0 Å². The second kappa shape index (κ2) is 3.58. The van der Waals surface area contributed by atoms with E-state index in [1.165, 1.54) is 18.8 Å². The predicted octanol–water partition coefficient (Wildman–Crippen LogP) is 0.521. The van der Waals surface area contributed by atoms with Crippen LogP contribution in [0.5, 0.6) is 0 Å². The fourth-order valence-electron chi connectivity index (χ4n) is 2.27. The molecule has 0 aromatic heterocycles. The van der Waals surface area contributed by atoms with E-state index in [1.807, 2.05) is 0 Å². The largest absolute Gasteiger partial charge is 0.314 e. The molecule has 1 saturated heterocycles. The second-order valence-corrected chi connectivity index (χ2v) is 6.23. The topological polar surface area (TPSA) is 46.2 Å². The van der Waals surface area contributed by atoms with Crippen LogP contribution >= 0.6 is 0 Å². The molecule has 1 heterocycles. The maximum absolute atomic E-state index is 11.7. The van der Waals surface area contributed by atoms with Gasteiger partial charge in [-0.2, -0.15) is 0 Å². The van der Waals surface area contributed by atoms with Crippen LogP contribution in [0.4, 0.5) is 0 Å². The minimum Gasteiger partial charge on any atom is -0.314 e. The SMILES string of the molecule is O=S1(=O)CCNCC1[C]1CCCC1. The third-order valence-electron chi connectivity index (χ3n) is 3.03. The van der Waals surface area contributed by atoms with Crippen molar-refractivity contribution in [2.45, 2.75) is 30.9 Å². The maximum atomic E-state index is 11.7. The highest BCUT2D eigenvalue weighted by Crippen LogP contribution is 2.33. The van der Waals surface area contributed by atoms with Gasteiger partial charge in [0.15, 0.2) is 9.84 Å². The average molecular weight is 202 g/mol. The summed E-state index contributed by atoms with van der Waals surface area (Å²) < 4.78 is 23.4. The van der Waals surface area contributed by atoms with Gasteiger partial charge >= 0.3 is 0 Å². The number of rotatable bonds is 1. The maximum Gasteiger partial charge on any atom is 0.156 e. The highest BCUT2D eigenvalue weighted by Gasteiger charge is 2.36. The molecule has 1 saturated carbocycles. The molecular weight excluding hydrogens is 186 g/mol. The molecule has 0 amide bonds. The van der Waals surface area contributed by atoms with E-state index in [0.717, 1.165) is 12.8 Å². The van der Waals surface area contributed by atoms with Gasteiger partial charge in [-0.1, -0.05) is 12.8 Å². The first-order valence-corrected chi connectivity index (χ1v) is 6.68. The van der Waals surface area contributed by atoms with Gasteiger partial charge in [-0.15, -0.1) is 0 Å². The Morgan fingerprint density at radius 3 is 2.54 bits per heavy atom. The van der Waals surface area contributed by atoms with Crippen LogP contribution in [0, 0.1) is 5.92 Å². The molecule has 1 aliphatic carbocycles. The van der Waals surface area contributed by atoms with Gasteiger partial charge in [0.25, 0.3) is 0 Å². The van der Waals surface area contributed by atoms with E-state index in [4.69, 9.17) is 0 Å². The van der Waals surface area contributed by atoms with Crippen LogP contribution < -0.4 is 5.32 Å². The van der Waals surface area contributed by atoms with Crippen molar-refractivity contribution >= 4 is 9.84 Å². The van der Waals surface area contributed by atoms with Crippen molar-refractivity contribution in [3.63, 3.8) is 0 Å². The normalized spacial score (nSPS) is 34.9. The zero-order valence-corrected chi connectivity index (χ0v) is 8.57. The zero-order valence-electron chi connectivity index (χ0n) is 7.75. The minimum atomic E-state index is -2.81. The summed E-state index contributed by atoms with van der Waals surface area (Å²) in [6.07, 6.45) is 4.43. The Morgan fingerprint density at radius 2 is 1.92 bits per heavy atom. The van der Waals surface area contributed by atoms with Gasteiger partial charge in [0.1, 0.15) is 0 Å². The summed E-state index contributed by atoms with van der Waals surface area (Å²) in [4.78, 5) is 0. The van der Waals surface area contributed by atoms with Gasteiger partial charge < -0.3 is 5.32 Å². The molecule has 0 bridgehead atoms. The molecule has 1 radical (unpaired) electrons. The first-order chi connectivity index (χ1) is 6.20. The lowest BCUT2D eigenvalue weighted by Crippen LogP contribution is -2.46. The van der Waals surface area contributed by atoms with Crippen molar-refractivity contribution in [3.8, 4) is 0 Å². The molecule has 0 spiro atoms. The van der Waals surface area contributed by atoms with E-state index in [2.05, 4.69) is 5.32 Å². The Labute approximate surface area is 79.8 Å². The molecule has 1 unspecified atom stereocenters. The van der Waals surface area contributed by atoms with E-state index in [0.29, 0.717) is 18.8 Å². The monoisotopic (exact) mass is 202 g/mol. The fraction of sp³-hybridized carbons (Fsp3) is 0.889. The van der Waals surface area contributed by atoms with Crippen molar-refractivity contribution in [2.75, 3.05) is 18.8 Å². The summed E-state index contributed by atoms with van der Waals surface area (Å²) in [5, 5.41) is 3.00. The number of sulfone groups is 1. The zero-order chi connectivity index (χ0) is 9.31. The second-order valence-electron chi connectivity index (χ2n) is 3.93. The van der Waals surface area contributed by atoms with E-state index < -0.39 is 9.84 Å². The molecule has 2 fully saturated rings. The number of hydrogen-bond donors (Lipinski definition) is 1. The van der Waals surface area contributed by atoms with Crippen LogP contribution in [0.25, 0.3) is 0 Å². The van der Waals surface area contributed by atoms with Crippen LogP contribution in [0.15, 0.2) is 0 Å². The highest BCUT2D eigenvalue weighted by molar-refractivity contribution is 7.92. The minimum absolute atomic E-state index is 0.163. The fourth-order valence-corrected chi connectivity index (χ4v) is 4.09. The quantitative estimate of drug-likeness (QED) is 0.674. The van der Waals surface area contributed by atoms with Gasteiger partial charge in [-0.3, -0.25) is 0 Å². The molecule has 1 aliphatic heterocycles. The van der Waals surface area contributed by atoms with Crippen molar-refractivity contribution in [1.82, 2.24) is 5.32 Å². The standard InChI is InChI=1S/C9H16NO2S/c11-13(12)6-5-10-7-9(13)8-3-1-2-4-8/h9-10H,1-7H2. The summed E-state index contributed by atoms with van der Waals surface area (Å²) in [6.45, 7) is 1.28. The van der Waals surface area contributed by atoms with Crippen molar-refractivity contribution in [2.24, 2.45) is 0 Å². The van der Waals surface area contributed by atoms with E-state index >= 15 is 0 Å². The molecule has 75 valence electrons. The average Bonchev–Trinajstić information content (AvgIpc) is 2.55. The van der Waals surface area contributed by atoms with Crippen LogP contribution in [-0.4, -0.2) is 32.5 Å². The number of hydrogen-bond acceptors (Lipinski definition) is 3. The van der Waals surface area contributed by atoms with Crippen LogP contribution in [-0.2, 0) is 9.84 Å². The summed E-state index contributed by atoms with van der Waals surface area (Å²) >= 11 is 0. The molecule has 1 N–H and O–H groups in total. The summed E-state index contributed by atoms with van der Waals surface area (Å²) in [7, 11) is -2.81. The Morgan fingerprint density at radius 1 is 1.23 bits per heavy atom. The lowest BCUT2D eigenvalue weighted by molar-refractivity contribution is 0.541. The molecule has 3 nitrogen and oxygen atoms in total. The lowest BCUT2D eigenvalue weighted by Gasteiger charge is -2.27. The van der Waals surface area contributed by atoms with Crippen molar-refractivity contribution in [3.05, 3.63) is 5.92 Å².